The molecule has 164 valence electrons. The summed E-state index contributed by atoms with van der Waals surface area (Å²) in [4.78, 5) is 36.8. The summed E-state index contributed by atoms with van der Waals surface area (Å²) in [5.41, 5.74) is 0.644. The van der Waals surface area contributed by atoms with Crippen molar-refractivity contribution in [3.05, 3.63) is 41.5 Å². The average Bonchev–Trinajstić information content (AvgIpc) is 2.65. The van der Waals surface area contributed by atoms with Gasteiger partial charge in [-0.15, -0.1) is 0 Å². The lowest BCUT2D eigenvalue weighted by molar-refractivity contribution is 0.258. The number of ether oxygens (including phenoxy) is 3. The summed E-state index contributed by atoms with van der Waals surface area (Å²) >= 11 is 0. The lowest BCUT2D eigenvalue weighted by Crippen LogP contribution is -2.00. The molecule has 0 aliphatic carbocycles. The Balaban J connectivity index is 2.61. The van der Waals surface area contributed by atoms with E-state index in [1.165, 1.54) is 39.5 Å². The molecule has 0 aliphatic heterocycles. The summed E-state index contributed by atoms with van der Waals surface area (Å²) in [5.74, 6) is -0.486. The van der Waals surface area contributed by atoms with Crippen molar-refractivity contribution in [3.8, 4) is 28.7 Å². The number of hydrogen-bond acceptors (Lipinski definition) is 7. The van der Waals surface area contributed by atoms with Crippen LogP contribution >= 0.6 is 15.6 Å². The first-order chi connectivity index (χ1) is 14.0. The van der Waals surface area contributed by atoms with E-state index in [4.69, 9.17) is 24.0 Å². The zero-order chi connectivity index (χ0) is 22.5. The zero-order valence-electron chi connectivity index (χ0n) is 16.1. The predicted molar refractivity (Wildman–Crippen MR) is 107 cm³/mol. The van der Waals surface area contributed by atoms with Crippen molar-refractivity contribution in [1.82, 2.24) is 0 Å². The van der Waals surface area contributed by atoms with Crippen LogP contribution in [0.25, 0.3) is 12.2 Å². The summed E-state index contributed by atoms with van der Waals surface area (Å²) in [6, 6.07) is 7.64. The predicted octanol–water partition coefficient (Wildman–Crippen LogP) is 2.83. The molecule has 0 spiro atoms. The highest BCUT2D eigenvalue weighted by Crippen LogP contribution is 2.53. The van der Waals surface area contributed by atoms with Crippen LogP contribution < -0.4 is 23.3 Å². The topological polar surface area (TPSA) is 161 Å². The Morgan fingerprint density at radius 3 is 1.73 bits per heavy atom. The van der Waals surface area contributed by atoms with Gasteiger partial charge in [0.15, 0.2) is 11.5 Å². The van der Waals surface area contributed by atoms with Gasteiger partial charge >= 0.3 is 15.6 Å². The molecule has 0 aliphatic rings. The number of benzene rings is 2. The van der Waals surface area contributed by atoms with Crippen LogP contribution in [0.1, 0.15) is 11.1 Å². The van der Waals surface area contributed by atoms with E-state index in [2.05, 4.69) is 9.05 Å². The fraction of sp³-hybridized carbons (Fsp3) is 0.176. The van der Waals surface area contributed by atoms with Gasteiger partial charge in [0.05, 0.1) is 21.3 Å². The maximum Gasteiger partial charge on any atom is 0.525 e. The van der Waals surface area contributed by atoms with Crippen LogP contribution in [0.3, 0.4) is 0 Å². The van der Waals surface area contributed by atoms with Gasteiger partial charge in [0, 0.05) is 11.6 Å². The summed E-state index contributed by atoms with van der Waals surface area (Å²) in [5, 5.41) is 0. The Bertz CT molecular complexity index is 1000. The summed E-state index contributed by atoms with van der Waals surface area (Å²) in [6.45, 7) is 0. The van der Waals surface area contributed by atoms with Crippen LogP contribution in [0.5, 0.6) is 28.7 Å². The fourth-order valence-electron chi connectivity index (χ4n) is 2.38. The Labute approximate surface area is 171 Å². The molecule has 2 aromatic carbocycles. The quantitative estimate of drug-likeness (QED) is 0.320. The Kier molecular flexibility index (Phi) is 7.54. The summed E-state index contributed by atoms with van der Waals surface area (Å²) in [7, 11) is -6.10. The molecular formula is C17H20O11P2. The van der Waals surface area contributed by atoms with E-state index >= 15 is 0 Å². The Hall–Kier alpha value is -2.52. The minimum atomic E-state index is -5.12. The van der Waals surface area contributed by atoms with Crippen molar-refractivity contribution in [2.75, 3.05) is 21.3 Å². The average molecular weight is 462 g/mol. The van der Waals surface area contributed by atoms with Crippen molar-refractivity contribution in [2.24, 2.45) is 0 Å². The van der Waals surface area contributed by atoms with E-state index in [-0.39, 0.29) is 11.3 Å². The second-order valence-electron chi connectivity index (χ2n) is 5.66. The number of methoxy groups -OCH3 is 3. The molecule has 0 saturated heterocycles. The molecule has 2 rings (SSSR count). The van der Waals surface area contributed by atoms with Crippen molar-refractivity contribution >= 4 is 27.8 Å². The molecule has 13 heteroatoms. The number of hydrogen-bond donors (Lipinski definition) is 4. The van der Waals surface area contributed by atoms with Gasteiger partial charge in [-0.2, -0.15) is 0 Å². The standard InChI is InChI=1S/C17H20O11P2/c1-24-13-8-11(9-14(10-13)25-2)4-5-12-6-7-15(26-3)17(28-30(21,22)23)16(12)27-29(18,19)20/h4-10H,1-3H3,(H2,18,19,20)(H2,21,22,23)/b5-4-. The molecule has 0 fully saturated rings. The highest BCUT2D eigenvalue weighted by Gasteiger charge is 2.29. The summed E-state index contributed by atoms with van der Waals surface area (Å²) < 4.78 is 47.3. The van der Waals surface area contributed by atoms with Gasteiger partial charge in [-0.05, 0) is 29.8 Å². The maximum absolute atomic E-state index is 11.4. The smallest absolute Gasteiger partial charge is 0.497 e. The van der Waals surface area contributed by atoms with Crippen molar-refractivity contribution in [1.29, 1.82) is 0 Å². The highest BCUT2D eigenvalue weighted by atomic mass is 31.2. The molecule has 30 heavy (non-hydrogen) atoms. The molecule has 11 nitrogen and oxygen atoms in total. The van der Waals surface area contributed by atoms with E-state index in [1.54, 1.807) is 24.3 Å². The number of phosphoric acid groups is 2. The third-order valence-electron chi connectivity index (χ3n) is 3.58. The third kappa shape index (κ3) is 6.77. The molecule has 0 radical (unpaired) electrons. The van der Waals surface area contributed by atoms with Crippen molar-refractivity contribution in [3.63, 3.8) is 0 Å². The SMILES string of the molecule is COc1cc(/C=C\c2ccc(OC)c(OP(=O)(O)O)c2OP(=O)(O)O)cc(OC)c1. The number of phosphoric ester groups is 2. The van der Waals surface area contributed by atoms with Gasteiger partial charge in [-0.25, -0.2) is 9.13 Å². The molecule has 0 amide bonds. The monoisotopic (exact) mass is 462 g/mol. The highest BCUT2D eigenvalue weighted by molar-refractivity contribution is 7.47. The molecule has 4 N–H and O–H groups in total. The maximum atomic E-state index is 11.4. The van der Waals surface area contributed by atoms with E-state index in [0.717, 1.165) is 0 Å². The first kappa shape index (κ1) is 23.8. The number of rotatable bonds is 9. The van der Waals surface area contributed by atoms with Crippen molar-refractivity contribution in [2.45, 2.75) is 0 Å². The van der Waals surface area contributed by atoms with Gasteiger partial charge in [-0.1, -0.05) is 12.2 Å². The second-order valence-corrected chi connectivity index (χ2v) is 7.99. The summed E-state index contributed by atoms with van der Waals surface area (Å²) in [6.07, 6.45) is 2.94. The van der Waals surface area contributed by atoms with E-state index < -0.39 is 27.1 Å². The third-order valence-corrected chi connectivity index (χ3v) is 4.42. The van der Waals surface area contributed by atoms with Crippen LogP contribution in [0.15, 0.2) is 30.3 Å². The lowest BCUT2D eigenvalue weighted by atomic mass is 10.1. The molecule has 0 unspecified atom stereocenters. The lowest BCUT2D eigenvalue weighted by Gasteiger charge is -2.18. The van der Waals surface area contributed by atoms with Crippen LogP contribution in [0, 0.1) is 0 Å². The van der Waals surface area contributed by atoms with Gasteiger partial charge in [0.25, 0.3) is 0 Å². The molecule has 0 atom stereocenters. The fourth-order valence-corrected chi connectivity index (χ4v) is 3.22. The van der Waals surface area contributed by atoms with Crippen LogP contribution in [-0.2, 0) is 9.13 Å². The minimum absolute atomic E-state index is 0.0457. The molecule has 2 aromatic rings. The van der Waals surface area contributed by atoms with Gasteiger partial charge < -0.3 is 23.3 Å². The first-order valence-corrected chi connectivity index (χ1v) is 11.1. The molecule has 0 heterocycles. The molecule has 0 bridgehead atoms. The first-order valence-electron chi connectivity index (χ1n) is 8.08. The van der Waals surface area contributed by atoms with E-state index in [9.17, 15) is 18.9 Å². The normalized spacial score (nSPS) is 12.0. The Morgan fingerprint density at radius 2 is 1.27 bits per heavy atom. The largest absolute Gasteiger partial charge is 0.525 e. The molecular weight excluding hydrogens is 442 g/mol. The van der Waals surface area contributed by atoms with Crippen molar-refractivity contribution < 1.29 is 52.0 Å². The minimum Gasteiger partial charge on any atom is -0.497 e. The van der Waals surface area contributed by atoms with Crippen LogP contribution in [-0.4, -0.2) is 40.9 Å². The molecule has 0 aromatic heterocycles. The van der Waals surface area contributed by atoms with E-state index in [1.807, 2.05) is 0 Å². The van der Waals surface area contributed by atoms with Gasteiger partial charge in [0.1, 0.15) is 11.5 Å². The van der Waals surface area contributed by atoms with Gasteiger partial charge in [-0.3, -0.25) is 19.6 Å². The Morgan fingerprint density at radius 1 is 0.733 bits per heavy atom. The van der Waals surface area contributed by atoms with Crippen LogP contribution in [0.2, 0.25) is 0 Å². The van der Waals surface area contributed by atoms with Gasteiger partial charge in [0.2, 0.25) is 5.75 Å². The van der Waals surface area contributed by atoms with E-state index in [0.29, 0.717) is 17.1 Å². The zero-order valence-corrected chi connectivity index (χ0v) is 17.9. The van der Waals surface area contributed by atoms with Crippen LogP contribution in [0.4, 0.5) is 0 Å². The molecule has 0 saturated carbocycles. The second kappa shape index (κ2) is 9.53.